The summed E-state index contributed by atoms with van der Waals surface area (Å²) in [5.41, 5.74) is 3.62. The van der Waals surface area contributed by atoms with Crippen molar-refractivity contribution in [2.75, 3.05) is 0 Å². The van der Waals surface area contributed by atoms with Crippen molar-refractivity contribution < 1.29 is 9.53 Å². The quantitative estimate of drug-likeness (QED) is 0.201. The molecule has 0 N–H and O–H groups in total. The first-order valence-electron chi connectivity index (χ1n) is 12.2. The van der Waals surface area contributed by atoms with Crippen molar-refractivity contribution in [3.63, 3.8) is 0 Å². The van der Waals surface area contributed by atoms with Gasteiger partial charge in [0.1, 0.15) is 16.9 Å². The molecule has 0 fully saturated rings. The molecule has 0 saturated carbocycles. The number of aromatic nitrogens is 4. The maximum Gasteiger partial charge on any atom is 0.310 e. The molecule has 0 aliphatic rings. The number of unbranched alkanes of at least 4 members (excludes halogenated alkanes) is 6. The molecule has 0 spiro atoms. The van der Waals surface area contributed by atoms with Gasteiger partial charge in [-0.25, -0.2) is 9.97 Å². The molecule has 1 aromatic carbocycles. The van der Waals surface area contributed by atoms with Crippen LogP contribution in [0.3, 0.4) is 0 Å². The monoisotopic (exact) mass is 434 g/mol. The van der Waals surface area contributed by atoms with Crippen LogP contribution in [0.5, 0.6) is 5.75 Å². The van der Waals surface area contributed by atoms with E-state index in [9.17, 15) is 4.79 Å². The molecule has 0 amide bonds. The fraction of sp³-hybridized carbons (Fsp3) is 0.500. The minimum absolute atomic E-state index is 0.242. The summed E-state index contributed by atoms with van der Waals surface area (Å²) in [4.78, 5) is 22.1. The minimum atomic E-state index is -0.242. The zero-order valence-electron chi connectivity index (χ0n) is 19.6. The van der Waals surface area contributed by atoms with E-state index in [2.05, 4.69) is 28.9 Å². The van der Waals surface area contributed by atoms with E-state index in [-0.39, 0.29) is 5.97 Å². The number of carbonyl (C=O) groups excluding carboxylic acids is 1. The lowest BCUT2D eigenvalue weighted by Gasteiger charge is -2.08. The third-order valence-corrected chi connectivity index (χ3v) is 6.12. The molecular weight excluding hydrogens is 400 g/mol. The standard InChI is InChI=1S/C26H34N4O2/c1-4-7-8-9-10-11-14-17-29-18-21(32-23(31)6-3)24-25(29)28-22(5-2)30-20-16-13-12-15-19(20)27-26(24)30/h12-13,15-16,18H,4-11,14,17H2,1-3H3. The first kappa shape index (κ1) is 22.3. The Morgan fingerprint density at radius 3 is 2.44 bits per heavy atom. The number of aryl methyl sites for hydroxylation is 2. The predicted molar refractivity (Wildman–Crippen MR) is 129 cm³/mol. The highest BCUT2D eigenvalue weighted by Gasteiger charge is 2.21. The van der Waals surface area contributed by atoms with Gasteiger partial charge >= 0.3 is 5.97 Å². The van der Waals surface area contributed by atoms with Crippen molar-refractivity contribution in [1.82, 2.24) is 18.9 Å². The van der Waals surface area contributed by atoms with Crippen LogP contribution in [0.15, 0.2) is 30.5 Å². The molecule has 0 bridgehead atoms. The van der Waals surface area contributed by atoms with Crippen LogP contribution < -0.4 is 4.74 Å². The second kappa shape index (κ2) is 10.2. The van der Waals surface area contributed by atoms with E-state index in [4.69, 9.17) is 14.7 Å². The van der Waals surface area contributed by atoms with Gasteiger partial charge in [0.2, 0.25) is 0 Å². The second-order valence-corrected chi connectivity index (χ2v) is 8.48. The average molecular weight is 435 g/mol. The van der Waals surface area contributed by atoms with Crippen molar-refractivity contribution in [3.8, 4) is 5.75 Å². The first-order chi connectivity index (χ1) is 15.7. The summed E-state index contributed by atoms with van der Waals surface area (Å²) >= 11 is 0. The van der Waals surface area contributed by atoms with Gasteiger partial charge in [-0.05, 0) is 18.6 Å². The van der Waals surface area contributed by atoms with Crippen LogP contribution in [-0.2, 0) is 17.8 Å². The molecule has 4 rings (SSSR count). The number of imidazole rings is 1. The Kier molecular flexibility index (Phi) is 7.08. The summed E-state index contributed by atoms with van der Waals surface area (Å²) in [6.07, 6.45) is 11.8. The largest absolute Gasteiger partial charge is 0.424 e. The molecule has 0 aliphatic carbocycles. The van der Waals surface area contributed by atoms with Crippen LogP contribution >= 0.6 is 0 Å². The predicted octanol–water partition coefficient (Wildman–Crippen LogP) is 6.47. The van der Waals surface area contributed by atoms with E-state index in [1.165, 1.54) is 38.5 Å². The van der Waals surface area contributed by atoms with Crippen LogP contribution in [0.4, 0.5) is 0 Å². The highest BCUT2D eigenvalue weighted by molar-refractivity contribution is 6.00. The van der Waals surface area contributed by atoms with Crippen molar-refractivity contribution in [2.45, 2.75) is 85.1 Å². The smallest absolute Gasteiger partial charge is 0.310 e. The Balaban J connectivity index is 1.74. The van der Waals surface area contributed by atoms with E-state index in [0.717, 1.165) is 52.9 Å². The SMILES string of the molecule is CCCCCCCCCn1cc(OC(=O)CC)c2c1nc(CC)n1c3ccccc3nc21. The highest BCUT2D eigenvalue weighted by atomic mass is 16.5. The molecule has 32 heavy (non-hydrogen) atoms. The number of rotatable bonds is 11. The summed E-state index contributed by atoms with van der Waals surface area (Å²) in [6, 6.07) is 8.09. The Morgan fingerprint density at radius 2 is 1.69 bits per heavy atom. The summed E-state index contributed by atoms with van der Waals surface area (Å²) in [5, 5.41) is 0.822. The lowest BCUT2D eigenvalue weighted by Crippen LogP contribution is -2.06. The maximum atomic E-state index is 12.2. The molecule has 0 atom stereocenters. The summed E-state index contributed by atoms with van der Waals surface area (Å²) in [6.45, 7) is 7.04. The summed E-state index contributed by atoms with van der Waals surface area (Å²) in [5.74, 6) is 1.28. The summed E-state index contributed by atoms with van der Waals surface area (Å²) in [7, 11) is 0. The van der Waals surface area contributed by atoms with Crippen molar-refractivity contribution >= 4 is 33.7 Å². The zero-order chi connectivity index (χ0) is 22.5. The minimum Gasteiger partial charge on any atom is -0.424 e. The lowest BCUT2D eigenvalue weighted by molar-refractivity contribution is -0.133. The number of ether oxygens (including phenoxy) is 1. The number of fused-ring (bicyclic) bond motifs is 5. The molecular formula is C26H34N4O2. The van der Waals surface area contributed by atoms with Crippen molar-refractivity contribution in [2.24, 2.45) is 0 Å². The molecule has 0 saturated heterocycles. The number of hydrogen-bond donors (Lipinski definition) is 0. The Labute approximate surface area is 189 Å². The van der Waals surface area contributed by atoms with Crippen molar-refractivity contribution in [3.05, 3.63) is 36.3 Å². The number of para-hydroxylation sites is 2. The molecule has 6 heteroatoms. The van der Waals surface area contributed by atoms with Gasteiger partial charge in [-0.15, -0.1) is 0 Å². The van der Waals surface area contributed by atoms with E-state index in [1.54, 1.807) is 0 Å². The Morgan fingerprint density at radius 1 is 0.938 bits per heavy atom. The molecule has 3 aromatic heterocycles. The van der Waals surface area contributed by atoms with Crippen molar-refractivity contribution in [1.29, 1.82) is 0 Å². The fourth-order valence-electron chi connectivity index (χ4n) is 4.40. The van der Waals surface area contributed by atoms with Gasteiger partial charge in [-0.1, -0.05) is 71.4 Å². The van der Waals surface area contributed by atoms with Gasteiger partial charge in [-0.2, -0.15) is 0 Å². The molecule has 0 radical (unpaired) electrons. The Bertz CT molecular complexity index is 1220. The van der Waals surface area contributed by atoms with Gasteiger partial charge < -0.3 is 9.30 Å². The van der Waals surface area contributed by atoms with Crippen LogP contribution in [0.2, 0.25) is 0 Å². The van der Waals surface area contributed by atoms with Gasteiger partial charge in [0.05, 0.1) is 11.0 Å². The van der Waals surface area contributed by atoms with Crippen LogP contribution in [0, 0.1) is 0 Å². The lowest BCUT2D eigenvalue weighted by atomic mass is 10.1. The van der Waals surface area contributed by atoms with Gasteiger partial charge in [-0.3, -0.25) is 9.20 Å². The second-order valence-electron chi connectivity index (χ2n) is 8.48. The van der Waals surface area contributed by atoms with E-state index >= 15 is 0 Å². The first-order valence-corrected chi connectivity index (χ1v) is 12.2. The number of benzene rings is 1. The maximum absolute atomic E-state index is 12.2. The fourth-order valence-corrected chi connectivity index (χ4v) is 4.40. The van der Waals surface area contributed by atoms with Gasteiger partial charge in [0, 0.05) is 25.6 Å². The zero-order valence-corrected chi connectivity index (χ0v) is 19.6. The highest BCUT2D eigenvalue weighted by Crippen LogP contribution is 2.34. The topological polar surface area (TPSA) is 61.4 Å². The number of nitrogens with zero attached hydrogens (tertiary/aromatic N) is 4. The normalized spacial score (nSPS) is 11.7. The molecule has 4 aromatic rings. The van der Waals surface area contributed by atoms with Crippen LogP contribution in [0.25, 0.3) is 27.7 Å². The van der Waals surface area contributed by atoms with E-state index in [0.29, 0.717) is 12.2 Å². The van der Waals surface area contributed by atoms with E-state index in [1.807, 2.05) is 31.3 Å². The molecule has 0 unspecified atom stereocenters. The third kappa shape index (κ3) is 4.36. The van der Waals surface area contributed by atoms with Crippen LogP contribution in [0.1, 0.15) is 78.0 Å². The molecule has 6 nitrogen and oxygen atoms in total. The Hall–Kier alpha value is -2.89. The summed E-state index contributed by atoms with van der Waals surface area (Å²) < 4.78 is 10.0. The average Bonchev–Trinajstić information content (AvgIpc) is 3.36. The van der Waals surface area contributed by atoms with E-state index < -0.39 is 0 Å². The van der Waals surface area contributed by atoms with Gasteiger partial charge in [0.15, 0.2) is 11.4 Å². The number of hydrogen-bond acceptors (Lipinski definition) is 4. The molecule has 0 aliphatic heterocycles. The molecule has 3 heterocycles. The third-order valence-electron chi connectivity index (χ3n) is 6.12. The van der Waals surface area contributed by atoms with Gasteiger partial charge in [0.25, 0.3) is 0 Å². The van der Waals surface area contributed by atoms with Crippen LogP contribution in [-0.4, -0.2) is 24.9 Å². The number of esters is 1. The number of carbonyl (C=O) groups is 1. The molecule has 170 valence electrons.